The first-order chi connectivity index (χ1) is 13.2. The van der Waals surface area contributed by atoms with E-state index in [2.05, 4.69) is 17.4 Å². The van der Waals surface area contributed by atoms with Gasteiger partial charge in [0, 0.05) is 5.02 Å². The lowest BCUT2D eigenvalue weighted by Crippen LogP contribution is -2.39. The number of halogens is 1. The van der Waals surface area contributed by atoms with E-state index in [0.717, 1.165) is 24.3 Å². The summed E-state index contributed by atoms with van der Waals surface area (Å²) in [5, 5.41) is 3.55. The maximum absolute atomic E-state index is 12.4. The average molecular weight is 388 g/mol. The van der Waals surface area contributed by atoms with E-state index in [0.29, 0.717) is 24.6 Å². The summed E-state index contributed by atoms with van der Waals surface area (Å²) in [7, 11) is 0. The van der Waals surface area contributed by atoms with E-state index in [1.165, 1.54) is 24.0 Å². The number of carbonyl (C=O) groups excluding carboxylic acids is 1. The Labute approximate surface area is 165 Å². The zero-order chi connectivity index (χ0) is 19.1. The SMILES string of the molecule is CCC(Oc1ccc2c(c1)CCCC2)C(=O)NCCOc1ccc(Cl)cc1. The second kappa shape index (κ2) is 9.65. The Balaban J connectivity index is 1.46. The van der Waals surface area contributed by atoms with E-state index in [1.54, 1.807) is 24.3 Å². The number of ether oxygens (including phenoxy) is 2. The van der Waals surface area contributed by atoms with E-state index in [4.69, 9.17) is 21.1 Å². The van der Waals surface area contributed by atoms with Crippen LogP contribution in [-0.4, -0.2) is 25.2 Å². The standard InChI is InChI=1S/C22H26ClNO3/c1-2-21(27-20-10-7-16-5-3-4-6-17(16)15-20)22(25)24-13-14-26-19-11-8-18(23)9-12-19/h7-12,15,21H,2-6,13-14H2,1H3,(H,24,25). The van der Waals surface area contributed by atoms with Gasteiger partial charge in [-0.1, -0.05) is 24.6 Å². The minimum atomic E-state index is -0.498. The Bertz CT molecular complexity index is 761. The lowest BCUT2D eigenvalue weighted by Gasteiger charge is -2.20. The minimum Gasteiger partial charge on any atom is -0.492 e. The van der Waals surface area contributed by atoms with Gasteiger partial charge in [0.25, 0.3) is 5.91 Å². The van der Waals surface area contributed by atoms with Gasteiger partial charge in [-0.05, 0) is 79.6 Å². The Morgan fingerprint density at radius 1 is 1.07 bits per heavy atom. The Hall–Kier alpha value is -2.20. The Morgan fingerprint density at radius 2 is 1.78 bits per heavy atom. The molecule has 0 bridgehead atoms. The first-order valence-corrected chi connectivity index (χ1v) is 9.98. The maximum Gasteiger partial charge on any atom is 0.261 e. The third-order valence-electron chi connectivity index (χ3n) is 4.75. The van der Waals surface area contributed by atoms with Crippen LogP contribution in [0.4, 0.5) is 0 Å². The van der Waals surface area contributed by atoms with Crippen molar-refractivity contribution in [1.82, 2.24) is 5.32 Å². The van der Waals surface area contributed by atoms with E-state index in [9.17, 15) is 4.79 Å². The molecule has 0 heterocycles. The van der Waals surface area contributed by atoms with Crippen molar-refractivity contribution in [3.8, 4) is 11.5 Å². The molecule has 144 valence electrons. The molecular formula is C22H26ClNO3. The van der Waals surface area contributed by atoms with Crippen LogP contribution >= 0.6 is 11.6 Å². The van der Waals surface area contributed by atoms with Crippen LogP contribution < -0.4 is 14.8 Å². The van der Waals surface area contributed by atoms with Crippen LogP contribution in [0.15, 0.2) is 42.5 Å². The Kier molecular flexibility index (Phi) is 6.99. The van der Waals surface area contributed by atoms with Crippen LogP contribution in [0.25, 0.3) is 0 Å². The number of amides is 1. The van der Waals surface area contributed by atoms with Crippen LogP contribution in [-0.2, 0) is 17.6 Å². The molecule has 2 aromatic rings. The molecule has 1 N–H and O–H groups in total. The molecule has 0 aromatic heterocycles. The van der Waals surface area contributed by atoms with Gasteiger partial charge in [0.05, 0.1) is 6.54 Å². The molecule has 27 heavy (non-hydrogen) atoms. The number of nitrogens with one attached hydrogen (secondary N) is 1. The highest BCUT2D eigenvalue weighted by Crippen LogP contribution is 2.26. The molecule has 1 unspecified atom stereocenters. The number of hydrogen-bond donors (Lipinski definition) is 1. The summed E-state index contributed by atoms with van der Waals surface area (Å²) in [6, 6.07) is 13.4. The van der Waals surface area contributed by atoms with Crippen LogP contribution in [0.2, 0.25) is 5.02 Å². The summed E-state index contributed by atoms with van der Waals surface area (Å²) < 4.78 is 11.5. The fourth-order valence-corrected chi connectivity index (χ4v) is 3.38. The molecule has 0 fully saturated rings. The third kappa shape index (κ3) is 5.64. The highest BCUT2D eigenvalue weighted by molar-refractivity contribution is 6.30. The van der Waals surface area contributed by atoms with Crippen molar-refractivity contribution >= 4 is 17.5 Å². The van der Waals surface area contributed by atoms with Crippen molar-refractivity contribution in [3.63, 3.8) is 0 Å². The number of rotatable bonds is 8. The van der Waals surface area contributed by atoms with Gasteiger partial charge in [0.2, 0.25) is 0 Å². The van der Waals surface area contributed by atoms with E-state index in [-0.39, 0.29) is 5.91 Å². The predicted molar refractivity (Wildman–Crippen MR) is 108 cm³/mol. The maximum atomic E-state index is 12.4. The second-order valence-corrected chi connectivity index (χ2v) is 7.18. The number of fused-ring (bicyclic) bond motifs is 1. The zero-order valence-corrected chi connectivity index (χ0v) is 16.4. The van der Waals surface area contributed by atoms with E-state index < -0.39 is 6.10 Å². The van der Waals surface area contributed by atoms with Crippen LogP contribution in [0.1, 0.15) is 37.3 Å². The van der Waals surface area contributed by atoms with E-state index >= 15 is 0 Å². The summed E-state index contributed by atoms with van der Waals surface area (Å²) in [5.41, 5.74) is 2.76. The molecule has 1 aliphatic carbocycles. The molecule has 0 saturated carbocycles. The van der Waals surface area contributed by atoms with Gasteiger partial charge in [-0.3, -0.25) is 4.79 Å². The smallest absolute Gasteiger partial charge is 0.261 e. The summed E-state index contributed by atoms with van der Waals surface area (Å²) in [5.74, 6) is 1.39. The summed E-state index contributed by atoms with van der Waals surface area (Å²) >= 11 is 5.84. The summed E-state index contributed by atoms with van der Waals surface area (Å²) in [6.07, 6.45) is 4.83. The molecule has 0 spiro atoms. The van der Waals surface area contributed by atoms with Crippen molar-refractivity contribution in [1.29, 1.82) is 0 Å². The van der Waals surface area contributed by atoms with Crippen LogP contribution in [0.5, 0.6) is 11.5 Å². The van der Waals surface area contributed by atoms with Gasteiger partial charge < -0.3 is 14.8 Å². The van der Waals surface area contributed by atoms with Crippen LogP contribution in [0, 0.1) is 0 Å². The normalized spacial score (nSPS) is 14.1. The van der Waals surface area contributed by atoms with Crippen molar-refractivity contribution in [2.24, 2.45) is 0 Å². The molecule has 3 rings (SSSR count). The van der Waals surface area contributed by atoms with Crippen molar-refractivity contribution in [2.75, 3.05) is 13.2 Å². The molecule has 1 atom stereocenters. The average Bonchev–Trinajstić information content (AvgIpc) is 2.70. The zero-order valence-electron chi connectivity index (χ0n) is 15.7. The lowest BCUT2D eigenvalue weighted by molar-refractivity contribution is -0.128. The fraction of sp³-hybridized carbons (Fsp3) is 0.409. The van der Waals surface area contributed by atoms with Crippen molar-refractivity contribution in [2.45, 2.75) is 45.1 Å². The molecule has 0 aliphatic heterocycles. The number of benzene rings is 2. The molecule has 2 aromatic carbocycles. The molecular weight excluding hydrogens is 362 g/mol. The highest BCUT2D eigenvalue weighted by atomic mass is 35.5. The first kappa shape index (κ1) is 19.6. The van der Waals surface area contributed by atoms with Gasteiger partial charge >= 0.3 is 0 Å². The number of carbonyl (C=O) groups is 1. The van der Waals surface area contributed by atoms with Crippen LogP contribution in [0.3, 0.4) is 0 Å². The molecule has 0 radical (unpaired) electrons. The van der Waals surface area contributed by atoms with Gasteiger partial charge in [-0.2, -0.15) is 0 Å². The first-order valence-electron chi connectivity index (χ1n) is 9.60. The fourth-order valence-electron chi connectivity index (χ4n) is 3.26. The molecule has 4 nitrogen and oxygen atoms in total. The second-order valence-electron chi connectivity index (χ2n) is 6.75. The monoisotopic (exact) mass is 387 g/mol. The topological polar surface area (TPSA) is 47.6 Å². The van der Waals surface area contributed by atoms with Gasteiger partial charge in [-0.25, -0.2) is 0 Å². The molecule has 1 aliphatic rings. The van der Waals surface area contributed by atoms with Gasteiger partial charge in [0.15, 0.2) is 6.10 Å². The number of aryl methyl sites for hydroxylation is 2. The van der Waals surface area contributed by atoms with Crippen molar-refractivity contribution in [3.05, 3.63) is 58.6 Å². The minimum absolute atomic E-state index is 0.116. The van der Waals surface area contributed by atoms with Gasteiger partial charge in [0.1, 0.15) is 18.1 Å². The lowest BCUT2D eigenvalue weighted by atomic mass is 9.92. The quantitative estimate of drug-likeness (QED) is 0.675. The predicted octanol–water partition coefficient (Wildman–Crippen LogP) is 4.57. The largest absolute Gasteiger partial charge is 0.492 e. The summed E-state index contributed by atoms with van der Waals surface area (Å²) in [4.78, 5) is 12.4. The molecule has 0 saturated heterocycles. The van der Waals surface area contributed by atoms with Crippen molar-refractivity contribution < 1.29 is 14.3 Å². The van der Waals surface area contributed by atoms with Gasteiger partial charge in [-0.15, -0.1) is 0 Å². The highest BCUT2D eigenvalue weighted by Gasteiger charge is 2.19. The van der Waals surface area contributed by atoms with E-state index in [1.807, 2.05) is 13.0 Å². The molecule has 1 amide bonds. The third-order valence-corrected chi connectivity index (χ3v) is 5.00. The summed E-state index contributed by atoms with van der Waals surface area (Å²) in [6.45, 7) is 2.76. The molecule has 5 heteroatoms. The Morgan fingerprint density at radius 3 is 2.52 bits per heavy atom. The number of hydrogen-bond acceptors (Lipinski definition) is 3.